The van der Waals surface area contributed by atoms with E-state index in [-0.39, 0.29) is 25.7 Å². The summed E-state index contributed by atoms with van der Waals surface area (Å²) >= 11 is 0. The number of aliphatic hydroxyl groups is 1. The number of rotatable bonds is 12. The van der Waals surface area contributed by atoms with E-state index in [1.165, 1.54) is 17.7 Å². The summed E-state index contributed by atoms with van der Waals surface area (Å²) in [5.41, 5.74) is 3.34. The summed E-state index contributed by atoms with van der Waals surface area (Å²) in [7, 11) is 0.307. The van der Waals surface area contributed by atoms with E-state index in [9.17, 15) is 14.7 Å². The predicted octanol–water partition coefficient (Wildman–Crippen LogP) is 5.83. The number of aromatic nitrogens is 2. The first-order valence-electron chi connectivity index (χ1n) is 16.5. The van der Waals surface area contributed by atoms with E-state index >= 15 is 0 Å². The lowest BCUT2D eigenvalue weighted by Crippen LogP contribution is -2.43. The van der Waals surface area contributed by atoms with Crippen LogP contribution < -0.4 is 14.8 Å². The molecule has 0 spiro atoms. The second kappa shape index (κ2) is 13.9. The Balaban J connectivity index is 1.52. The number of fused-ring (bicyclic) bond motifs is 1. The monoisotopic (exact) mass is 666 g/mol. The molecule has 11 nitrogen and oxygen atoms in total. The SMILES string of the molecule is COc1ccc(OCC2CC2)c(-c2ccnc3c(C(=O)N[C@@H]4CN(C(=O)OC(C)(C)C)C[C@H]4O)c(C)n(COCC[Si](C)(C)C)c23)c1. The third-order valence-electron chi connectivity index (χ3n) is 8.55. The molecule has 2 amide bonds. The van der Waals surface area contributed by atoms with Gasteiger partial charge in [-0.3, -0.25) is 9.78 Å². The summed E-state index contributed by atoms with van der Waals surface area (Å²) in [4.78, 5) is 32.9. The number of likely N-dealkylation sites (tertiary alicyclic amines) is 1. The largest absolute Gasteiger partial charge is 0.497 e. The molecule has 2 aromatic heterocycles. The minimum absolute atomic E-state index is 0.0629. The molecule has 1 aliphatic heterocycles. The van der Waals surface area contributed by atoms with Gasteiger partial charge in [-0.25, -0.2) is 4.79 Å². The maximum atomic E-state index is 14.1. The third-order valence-corrected chi connectivity index (χ3v) is 10.3. The van der Waals surface area contributed by atoms with Crippen LogP contribution in [0.1, 0.15) is 49.7 Å². The smallest absolute Gasteiger partial charge is 0.410 e. The molecule has 2 N–H and O–H groups in total. The lowest BCUT2D eigenvalue weighted by atomic mass is 10.0. The van der Waals surface area contributed by atoms with Crippen molar-refractivity contribution in [1.29, 1.82) is 0 Å². The molecule has 1 saturated heterocycles. The van der Waals surface area contributed by atoms with Crippen molar-refractivity contribution in [3.05, 3.63) is 41.7 Å². The Kier molecular flexibility index (Phi) is 10.2. The number of carbonyl (C=O) groups excluding carboxylic acids is 2. The highest BCUT2D eigenvalue weighted by Gasteiger charge is 2.38. The van der Waals surface area contributed by atoms with E-state index in [1.807, 2.05) is 35.8 Å². The highest BCUT2D eigenvalue weighted by molar-refractivity contribution is 6.76. The summed E-state index contributed by atoms with van der Waals surface area (Å²) in [5, 5.41) is 13.8. The summed E-state index contributed by atoms with van der Waals surface area (Å²) in [6, 6.07) is 8.03. The van der Waals surface area contributed by atoms with E-state index in [0.717, 1.165) is 28.4 Å². The number of aliphatic hydroxyl groups excluding tert-OH is 1. The average molecular weight is 667 g/mol. The maximum Gasteiger partial charge on any atom is 0.410 e. The van der Waals surface area contributed by atoms with Gasteiger partial charge in [0.15, 0.2) is 0 Å². The Morgan fingerprint density at radius 2 is 1.85 bits per heavy atom. The molecule has 0 unspecified atom stereocenters. The molecular weight excluding hydrogens is 616 g/mol. The number of nitrogens with zero attached hydrogens (tertiary/aromatic N) is 3. The number of hydrogen-bond donors (Lipinski definition) is 2. The Bertz CT molecular complexity index is 1610. The number of hydrogen-bond acceptors (Lipinski definition) is 8. The second-order valence-corrected chi connectivity index (χ2v) is 20.6. The molecule has 0 radical (unpaired) electrons. The van der Waals surface area contributed by atoms with Crippen LogP contribution in [0.4, 0.5) is 4.79 Å². The average Bonchev–Trinajstić information content (AvgIpc) is 3.68. The summed E-state index contributed by atoms with van der Waals surface area (Å²) in [5.74, 6) is 1.61. The topological polar surface area (TPSA) is 124 Å². The standard InChI is InChI=1S/C35H50N4O7Si/c1-22-30(33(41)37-27-18-38(19-28(27)40)34(42)46-35(2,3)4)31-32(39(22)21-44-15-16-47(6,7)8)25(13-14-36-31)26-17-24(43-5)11-12-29(26)45-20-23-9-10-23/h11-14,17,23,27-28,40H,9-10,15-16,18-21H2,1-8H3,(H,37,41)/t27-,28-/m1/s1. The summed E-state index contributed by atoms with van der Waals surface area (Å²) in [6.07, 6.45) is 2.57. The number of benzene rings is 1. The quantitative estimate of drug-likeness (QED) is 0.183. The molecule has 1 aromatic carbocycles. The van der Waals surface area contributed by atoms with Crippen molar-refractivity contribution in [2.24, 2.45) is 5.92 Å². The number of ether oxygens (including phenoxy) is 4. The Hall–Kier alpha value is -3.61. The second-order valence-electron chi connectivity index (χ2n) is 14.9. The lowest BCUT2D eigenvalue weighted by molar-refractivity contribution is 0.0269. The van der Waals surface area contributed by atoms with Gasteiger partial charge in [0.25, 0.3) is 5.91 Å². The zero-order valence-corrected chi connectivity index (χ0v) is 30.0. The van der Waals surface area contributed by atoms with Gasteiger partial charge in [-0.1, -0.05) is 19.6 Å². The minimum Gasteiger partial charge on any atom is -0.497 e. The maximum absolute atomic E-state index is 14.1. The minimum atomic E-state index is -1.33. The van der Waals surface area contributed by atoms with Gasteiger partial charge >= 0.3 is 6.09 Å². The van der Waals surface area contributed by atoms with Gasteiger partial charge in [0.1, 0.15) is 29.3 Å². The van der Waals surface area contributed by atoms with Crippen molar-refractivity contribution in [1.82, 2.24) is 19.8 Å². The molecule has 2 atom stereocenters. The zero-order chi connectivity index (χ0) is 34.1. The molecule has 5 rings (SSSR count). The summed E-state index contributed by atoms with van der Waals surface area (Å²) in [6.45, 7) is 15.9. The van der Waals surface area contributed by atoms with Gasteiger partial charge in [-0.15, -0.1) is 0 Å². The fourth-order valence-electron chi connectivity index (χ4n) is 5.68. The van der Waals surface area contributed by atoms with Gasteiger partial charge in [-0.2, -0.15) is 0 Å². The number of pyridine rings is 1. The van der Waals surface area contributed by atoms with Crippen molar-refractivity contribution in [3.63, 3.8) is 0 Å². The number of nitrogens with one attached hydrogen (secondary N) is 1. The van der Waals surface area contributed by atoms with Gasteiger partial charge in [0, 0.05) is 44.2 Å². The van der Waals surface area contributed by atoms with Gasteiger partial charge in [0.05, 0.1) is 43.5 Å². The first-order valence-corrected chi connectivity index (χ1v) is 20.2. The van der Waals surface area contributed by atoms with E-state index in [4.69, 9.17) is 23.9 Å². The normalized spacial score (nSPS) is 18.4. The highest BCUT2D eigenvalue weighted by Crippen LogP contribution is 2.40. The van der Waals surface area contributed by atoms with Crippen LogP contribution in [0.25, 0.3) is 22.2 Å². The fraction of sp³-hybridized carbons (Fsp3) is 0.571. The first-order chi connectivity index (χ1) is 22.1. The van der Waals surface area contributed by atoms with Gasteiger partial charge in [-0.05, 0) is 76.8 Å². The van der Waals surface area contributed by atoms with Crippen LogP contribution in [-0.4, -0.2) is 90.8 Å². The van der Waals surface area contributed by atoms with E-state index < -0.39 is 31.9 Å². The van der Waals surface area contributed by atoms with Crippen molar-refractivity contribution in [2.75, 3.05) is 33.4 Å². The molecule has 0 bridgehead atoms. The van der Waals surface area contributed by atoms with Crippen LogP contribution in [0.3, 0.4) is 0 Å². The Labute approximate surface area is 278 Å². The molecule has 3 heterocycles. The summed E-state index contributed by atoms with van der Waals surface area (Å²) < 4.78 is 25.7. The molecular formula is C35H50N4O7Si. The van der Waals surface area contributed by atoms with Gasteiger partial charge in [0.2, 0.25) is 0 Å². The Morgan fingerprint density at radius 1 is 1.11 bits per heavy atom. The predicted molar refractivity (Wildman–Crippen MR) is 184 cm³/mol. The fourth-order valence-corrected chi connectivity index (χ4v) is 6.43. The third kappa shape index (κ3) is 8.46. The van der Waals surface area contributed by atoms with Crippen LogP contribution in [0.15, 0.2) is 30.5 Å². The van der Waals surface area contributed by atoms with Crippen molar-refractivity contribution in [2.45, 2.75) is 90.7 Å². The number of amides is 2. The molecule has 2 fully saturated rings. The van der Waals surface area contributed by atoms with Crippen LogP contribution >= 0.6 is 0 Å². The molecule has 256 valence electrons. The van der Waals surface area contributed by atoms with Crippen LogP contribution in [0.5, 0.6) is 11.5 Å². The molecule has 47 heavy (non-hydrogen) atoms. The van der Waals surface area contributed by atoms with Crippen LogP contribution in [0.2, 0.25) is 25.7 Å². The number of carbonyl (C=O) groups is 2. The van der Waals surface area contributed by atoms with Crippen molar-refractivity contribution in [3.8, 4) is 22.6 Å². The molecule has 3 aromatic rings. The Morgan fingerprint density at radius 3 is 2.51 bits per heavy atom. The van der Waals surface area contributed by atoms with Gasteiger partial charge < -0.3 is 38.8 Å². The van der Waals surface area contributed by atoms with E-state index in [2.05, 4.69) is 25.0 Å². The van der Waals surface area contributed by atoms with Crippen LogP contribution in [0, 0.1) is 12.8 Å². The highest BCUT2D eigenvalue weighted by atomic mass is 28.3. The van der Waals surface area contributed by atoms with Crippen molar-refractivity contribution >= 4 is 31.1 Å². The molecule has 1 saturated carbocycles. The van der Waals surface area contributed by atoms with Crippen molar-refractivity contribution < 1.29 is 33.6 Å². The van der Waals surface area contributed by atoms with Crippen LogP contribution in [-0.2, 0) is 16.2 Å². The molecule has 2 aliphatic rings. The number of β-amino-alcohol motifs (C(OH)–C–C–N with tert-alkyl or cyclic N) is 1. The lowest BCUT2D eigenvalue weighted by Gasteiger charge is -2.24. The van der Waals surface area contributed by atoms with E-state index in [1.54, 1.807) is 34.1 Å². The zero-order valence-electron chi connectivity index (χ0n) is 29.0. The number of methoxy groups -OCH3 is 1. The first kappa shape index (κ1) is 34.7. The van der Waals surface area contributed by atoms with E-state index in [0.29, 0.717) is 41.7 Å². The molecule has 12 heteroatoms. The molecule has 1 aliphatic carbocycles.